The van der Waals surface area contributed by atoms with Crippen molar-refractivity contribution in [3.05, 3.63) is 71.5 Å². The number of tetrazole rings is 1. The first-order valence-corrected chi connectivity index (χ1v) is 12.5. The highest BCUT2D eigenvalue weighted by Crippen LogP contribution is 2.21. The smallest absolute Gasteiger partial charge is 0.263 e. The molecule has 34 heavy (non-hydrogen) atoms. The maximum Gasteiger partial charge on any atom is 0.263 e. The number of carbonyl (C=O) groups is 1. The Bertz CT molecular complexity index is 1370. The van der Waals surface area contributed by atoms with Crippen LogP contribution in [0.1, 0.15) is 36.1 Å². The van der Waals surface area contributed by atoms with Gasteiger partial charge in [-0.15, -0.1) is 16.4 Å². The van der Waals surface area contributed by atoms with Crippen LogP contribution >= 0.6 is 11.3 Å². The van der Waals surface area contributed by atoms with E-state index in [2.05, 4.69) is 30.5 Å². The van der Waals surface area contributed by atoms with Crippen molar-refractivity contribution in [2.24, 2.45) is 0 Å². The van der Waals surface area contributed by atoms with E-state index in [4.69, 9.17) is 4.74 Å². The van der Waals surface area contributed by atoms with Gasteiger partial charge >= 0.3 is 0 Å². The van der Waals surface area contributed by atoms with Gasteiger partial charge in [0.15, 0.2) is 11.0 Å². The molecule has 11 nitrogen and oxygen atoms in total. The van der Waals surface area contributed by atoms with Gasteiger partial charge in [0.25, 0.3) is 15.9 Å². The van der Waals surface area contributed by atoms with Crippen LogP contribution in [0.15, 0.2) is 65.0 Å². The lowest BCUT2D eigenvalue weighted by atomic mass is 10.2. The zero-order chi connectivity index (χ0) is 24.1. The fourth-order valence-electron chi connectivity index (χ4n) is 2.95. The molecule has 0 spiro atoms. The van der Waals surface area contributed by atoms with Crippen LogP contribution in [0.3, 0.4) is 0 Å². The molecule has 2 heterocycles. The van der Waals surface area contributed by atoms with Gasteiger partial charge in [0.05, 0.1) is 10.9 Å². The average molecular weight is 500 g/mol. The minimum atomic E-state index is -3.77. The number of rotatable bonds is 9. The summed E-state index contributed by atoms with van der Waals surface area (Å²) < 4.78 is 34.7. The zero-order valence-electron chi connectivity index (χ0n) is 18.2. The number of hydrogen-bond acceptors (Lipinski definition) is 9. The first-order chi connectivity index (χ1) is 16.3. The Balaban J connectivity index is 1.39. The standard InChI is InChI=1S/C21H21N7O4S2/c1-14(2)28-19(24-26-27-28)13-32-17-5-3-4-15(12-17)20(29)23-16-6-8-18(9-7-16)34(30,31)25-21-22-10-11-33-21/h3-12,14H,13H2,1-2H3,(H,22,25)(H,23,29). The van der Waals surface area contributed by atoms with Crippen molar-refractivity contribution in [3.63, 3.8) is 0 Å². The van der Waals surface area contributed by atoms with Gasteiger partial charge in [0.1, 0.15) is 12.4 Å². The van der Waals surface area contributed by atoms with Crippen molar-refractivity contribution in [2.75, 3.05) is 10.0 Å². The molecule has 0 fully saturated rings. The van der Waals surface area contributed by atoms with Gasteiger partial charge in [0, 0.05) is 22.8 Å². The first-order valence-electron chi connectivity index (χ1n) is 10.1. The molecule has 0 radical (unpaired) electrons. The van der Waals surface area contributed by atoms with Crippen LogP contribution in [-0.4, -0.2) is 39.5 Å². The fraction of sp³-hybridized carbons (Fsp3) is 0.190. The topological polar surface area (TPSA) is 141 Å². The summed E-state index contributed by atoms with van der Waals surface area (Å²) in [6.07, 6.45) is 1.51. The number of amides is 1. The lowest BCUT2D eigenvalue weighted by Crippen LogP contribution is -2.14. The molecule has 4 rings (SSSR count). The SMILES string of the molecule is CC(C)n1nnnc1COc1cccc(C(=O)Nc2ccc(S(=O)(=O)Nc3nccs3)cc2)c1. The lowest BCUT2D eigenvalue weighted by molar-refractivity contribution is 0.102. The van der Waals surface area contributed by atoms with Gasteiger partial charge in [-0.25, -0.2) is 18.1 Å². The molecule has 0 aliphatic heterocycles. The third-order valence-corrected chi connectivity index (χ3v) is 6.76. The lowest BCUT2D eigenvalue weighted by Gasteiger charge is -2.11. The molecule has 0 saturated carbocycles. The van der Waals surface area contributed by atoms with E-state index >= 15 is 0 Å². The molecular weight excluding hydrogens is 478 g/mol. The maximum absolute atomic E-state index is 12.7. The van der Waals surface area contributed by atoms with Crippen LogP contribution in [0.4, 0.5) is 10.8 Å². The number of nitrogens with one attached hydrogen (secondary N) is 2. The van der Waals surface area contributed by atoms with E-state index in [1.165, 1.54) is 41.8 Å². The highest BCUT2D eigenvalue weighted by atomic mass is 32.2. The second kappa shape index (κ2) is 9.97. The summed E-state index contributed by atoms with van der Waals surface area (Å²) in [5.74, 6) is 0.693. The predicted molar refractivity (Wildman–Crippen MR) is 126 cm³/mol. The molecule has 0 aliphatic carbocycles. The Kier molecular flexibility index (Phi) is 6.84. The summed E-state index contributed by atoms with van der Waals surface area (Å²) >= 11 is 1.18. The molecule has 0 unspecified atom stereocenters. The Labute approximate surface area is 199 Å². The third-order valence-electron chi connectivity index (χ3n) is 4.59. The van der Waals surface area contributed by atoms with Crippen LogP contribution in [0.5, 0.6) is 5.75 Å². The van der Waals surface area contributed by atoms with Crippen molar-refractivity contribution in [1.82, 2.24) is 25.2 Å². The fourth-order valence-corrected chi connectivity index (χ4v) is 4.74. The quantitative estimate of drug-likeness (QED) is 0.357. The van der Waals surface area contributed by atoms with Crippen molar-refractivity contribution in [3.8, 4) is 5.75 Å². The molecule has 176 valence electrons. The van der Waals surface area contributed by atoms with Crippen molar-refractivity contribution in [1.29, 1.82) is 0 Å². The highest BCUT2D eigenvalue weighted by Gasteiger charge is 2.16. The molecule has 0 bridgehead atoms. The van der Waals surface area contributed by atoms with Gasteiger partial charge in [-0.05, 0) is 66.7 Å². The normalized spacial score (nSPS) is 11.4. The number of carbonyl (C=O) groups excluding carboxylic acids is 1. The number of hydrogen-bond donors (Lipinski definition) is 2. The number of thiazole rings is 1. The highest BCUT2D eigenvalue weighted by molar-refractivity contribution is 7.93. The van der Waals surface area contributed by atoms with Crippen LogP contribution < -0.4 is 14.8 Å². The Morgan fingerprint density at radius 1 is 1.18 bits per heavy atom. The third kappa shape index (κ3) is 5.55. The number of sulfonamides is 1. The van der Waals surface area contributed by atoms with E-state index in [9.17, 15) is 13.2 Å². The van der Waals surface area contributed by atoms with Gasteiger partial charge in [-0.1, -0.05) is 6.07 Å². The summed E-state index contributed by atoms with van der Waals surface area (Å²) in [6.45, 7) is 4.08. The van der Waals surface area contributed by atoms with E-state index < -0.39 is 10.0 Å². The number of anilines is 2. The molecule has 2 N–H and O–H groups in total. The van der Waals surface area contributed by atoms with Crippen molar-refractivity contribution >= 4 is 38.1 Å². The molecule has 0 aliphatic rings. The van der Waals surface area contributed by atoms with Gasteiger partial charge < -0.3 is 10.1 Å². The summed E-state index contributed by atoms with van der Waals surface area (Å²) in [7, 11) is -3.77. The second-order valence-corrected chi connectivity index (χ2v) is 9.95. The van der Waals surface area contributed by atoms with E-state index in [-0.39, 0.29) is 28.6 Å². The van der Waals surface area contributed by atoms with Gasteiger partial charge in [0.2, 0.25) is 0 Å². The summed E-state index contributed by atoms with van der Waals surface area (Å²) in [5, 5.41) is 16.2. The van der Waals surface area contributed by atoms with E-state index in [1.54, 1.807) is 34.3 Å². The van der Waals surface area contributed by atoms with E-state index in [0.717, 1.165) is 0 Å². The molecule has 13 heteroatoms. The molecular formula is C21H21N7O4S2. The predicted octanol–water partition coefficient (Wildman–Crippen LogP) is 3.34. The zero-order valence-corrected chi connectivity index (χ0v) is 19.9. The number of benzene rings is 2. The minimum absolute atomic E-state index is 0.0554. The minimum Gasteiger partial charge on any atom is -0.486 e. The van der Waals surface area contributed by atoms with Crippen molar-refractivity contribution in [2.45, 2.75) is 31.4 Å². The Morgan fingerprint density at radius 3 is 2.68 bits per heavy atom. The average Bonchev–Trinajstić information content (AvgIpc) is 3.50. The Morgan fingerprint density at radius 2 is 1.97 bits per heavy atom. The van der Waals surface area contributed by atoms with Gasteiger partial charge in [-0.2, -0.15) is 0 Å². The van der Waals surface area contributed by atoms with E-state index in [1.807, 2.05) is 13.8 Å². The Hall–Kier alpha value is -3.84. The van der Waals surface area contributed by atoms with Crippen LogP contribution in [0.2, 0.25) is 0 Å². The maximum atomic E-state index is 12.7. The molecule has 0 saturated heterocycles. The van der Waals surface area contributed by atoms with Crippen molar-refractivity contribution < 1.29 is 17.9 Å². The van der Waals surface area contributed by atoms with E-state index in [0.29, 0.717) is 22.8 Å². The van der Waals surface area contributed by atoms with Crippen LogP contribution in [0, 0.1) is 0 Å². The number of ether oxygens (including phenoxy) is 1. The molecule has 1 amide bonds. The molecule has 2 aromatic heterocycles. The largest absolute Gasteiger partial charge is 0.486 e. The number of aromatic nitrogens is 5. The first kappa shape index (κ1) is 23.3. The number of nitrogens with zero attached hydrogens (tertiary/aromatic N) is 5. The van der Waals surface area contributed by atoms with Crippen LogP contribution in [-0.2, 0) is 16.6 Å². The monoisotopic (exact) mass is 499 g/mol. The molecule has 2 aromatic carbocycles. The molecule has 4 aromatic rings. The second-order valence-electron chi connectivity index (χ2n) is 7.37. The van der Waals surface area contributed by atoms with Gasteiger partial charge in [-0.3, -0.25) is 9.52 Å². The summed E-state index contributed by atoms with van der Waals surface area (Å²) in [6, 6.07) is 12.6. The molecule has 0 atom stereocenters. The summed E-state index contributed by atoms with van der Waals surface area (Å²) in [5.41, 5.74) is 0.823. The summed E-state index contributed by atoms with van der Waals surface area (Å²) in [4.78, 5) is 16.7. The van der Waals surface area contributed by atoms with Crippen LogP contribution in [0.25, 0.3) is 0 Å².